The first-order valence-electron chi connectivity index (χ1n) is 7.67. The van der Waals surface area contributed by atoms with Crippen LogP contribution in [-0.2, 0) is 12.6 Å². The third-order valence-electron chi connectivity index (χ3n) is 4.22. The van der Waals surface area contributed by atoms with Gasteiger partial charge in [-0.2, -0.15) is 13.2 Å². The minimum atomic E-state index is -4.33. The summed E-state index contributed by atoms with van der Waals surface area (Å²) in [4.78, 5) is 10.4. The Morgan fingerprint density at radius 2 is 2.09 bits per heavy atom. The highest BCUT2D eigenvalue weighted by molar-refractivity contribution is 5.21. The second-order valence-electron chi connectivity index (χ2n) is 5.87. The molecule has 0 aliphatic carbocycles. The Morgan fingerprint density at radius 3 is 2.83 bits per heavy atom. The van der Waals surface area contributed by atoms with Gasteiger partial charge < -0.3 is 4.90 Å². The SMILES string of the molecule is FC(F)(F)c1cncc(CCN2CCC(c3ccccn3)C2)c1. The van der Waals surface area contributed by atoms with Gasteiger partial charge in [0.05, 0.1) is 5.56 Å². The summed E-state index contributed by atoms with van der Waals surface area (Å²) < 4.78 is 38.1. The van der Waals surface area contributed by atoms with Crippen LogP contribution in [0.1, 0.15) is 29.2 Å². The lowest BCUT2D eigenvalue weighted by atomic mass is 10.0. The molecule has 1 fully saturated rings. The Hall–Kier alpha value is -1.95. The molecule has 0 bridgehead atoms. The van der Waals surface area contributed by atoms with E-state index >= 15 is 0 Å². The lowest BCUT2D eigenvalue weighted by Gasteiger charge is -2.16. The quantitative estimate of drug-likeness (QED) is 0.863. The predicted octanol–water partition coefficient (Wildman–Crippen LogP) is 3.53. The van der Waals surface area contributed by atoms with Gasteiger partial charge in [-0.1, -0.05) is 6.07 Å². The van der Waals surface area contributed by atoms with Crippen molar-refractivity contribution in [1.82, 2.24) is 14.9 Å². The lowest BCUT2D eigenvalue weighted by molar-refractivity contribution is -0.137. The first kappa shape index (κ1) is 15.9. The smallest absolute Gasteiger partial charge is 0.302 e. The molecule has 1 aliphatic rings. The highest BCUT2D eigenvalue weighted by Crippen LogP contribution is 2.29. The largest absolute Gasteiger partial charge is 0.417 e. The zero-order chi connectivity index (χ0) is 16.3. The van der Waals surface area contributed by atoms with E-state index in [-0.39, 0.29) is 0 Å². The van der Waals surface area contributed by atoms with Crippen molar-refractivity contribution in [3.8, 4) is 0 Å². The fourth-order valence-electron chi connectivity index (χ4n) is 2.96. The molecule has 0 saturated carbocycles. The fourth-order valence-corrected chi connectivity index (χ4v) is 2.96. The molecule has 6 heteroatoms. The van der Waals surface area contributed by atoms with Crippen LogP contribution >= 0.6 is 0 Å². The van der Waals surface area contributed by atoms with E-state index in [1.807, 2.05) is 18.2 Å². The first-order chi connectivity index (χ1) is 11.0. The van der Waals surface area contributed by atoms with E-state index in [1.165, 1.54) is 12.3 Å². The van der Waals surface area contributed by atoms with Crippen LogP contribution in [0.4, 0.5) is 13.2 Å². The number of rotatable bonds is 4. The number of halogens is 3. The van der Waals surface area contributed by atoms with Crippen molar-refractivity contribution in [2.24, 2.45) is 0 Å². The molecule has 122 valence electrons. The maximum atomic E-state index is 12.7. The maximum Gasteiger partial charge on any atom is 0.417 e. The van der Waals surface area contributed by atoms with Crippen molar-refractivity contribution in [1.29, 1.82) is 0 Å². The van der Waals surface area contributed by atoms with E-state index in [0.717, 1.165) is 37.9 Å². The summed E-state index contributed by atoms with van der Waals surface area (Å²) in [5, 5.41) is 0. The van der Waals surface area contributed by atoms with Gasteiger partial charge >= 0.3 is 6.18 Å². The highest BCUT2D eigenvalue weighted by atomic mass is 19.4. The van der Waals surface area contributed by atoms with Gasteiger partial charge in [0.1, 0.15) is 0 Å². The van der Waals surface area contributed by atoms with Crippen molar-refractivity contribution in [3.05, 3.63) is 59.7 Å². The summed E-state index contributed by atoms with van der Waals surface area (Å²) >= 11 is 0. The van der Waals surface area contributed by atoms with Gasteiger partial charge in [0.25, 0.3) is 0 Å². The number of nitrogens with zero attached hydrogens (tertiary/aromatic N) is 3. The standard InChI is InChI=1S/C17H18F3N3/c18-17(19,20)15-9-13(10-21-11-15)4-7-23-8-5-14(12-23)16-3-1-2-6-22-16/h1-3,6,9-11,14H,4-5,7-8,12H2. The Bertz CT molecular complexity index is 643. The van der Waals surface area contributed by atoms with Crippen molar-refractivity contribution in [3.63, 3.8) is 0 Å². The Kier molecular flexibility index (Phi) is 4.61. The molecule has 23 heavy (non-hydrogen) atoms. The van der Waals surface area contributed by atoms with Crippen molar-refractivity contribution < 1.29 is 13.2 Å². The molecule has 0 N–H and O–H groups in total. The zero-order valence-electron chi connectivity index (χ0n) is 12.6. The first-order valence-corrected chi connectivity index (χ1v) is 7.67. The van der Waals surface area contributed by atoms with Crippen LogP contribution < -0.4 is 0 Å². The van der Waals surface area contributed by atoms with Crippen LogP contribution in [0, 0.1) is 0 Å². The predicted molar refractivity (Wildman–Crippen MR) is 81.0 cm³/mol. The fraction of sp³-hybridized carbons (Fsp3) is 0.412. The topological polar surface area (TPSA) is 29.0 Å². The molecule has 1 unspecified atom stereocenters. The van der Waals surface area contributed by atoms with Gasteiger partial charge in [-0.25, -0.2) is 0 Å². The van der Waals surface area contributed by atoms with Gasteiger partial charge in [-0.3, -0.25) is 9.97 Å². The molecule has 3 nitrogen and oxygen atoms in total. The molecule has 0 radical (unpaired) electrons. The molecule has 3 rings (SSSR count). The summed E-state index contributed by atoms with van der Waals surface area (Å²) in [5.74, 6) is 0.413. The maximum absolute atomic E-state index is 12.7. The zero-order valence-corrected chi connectivity index (χ0v) is 12.6. The molecule has 0 amide bonds. The normalized spacial score (nSPS) is 19.2. The summed E-state index contributed by atoms with van der Waals surface area (Å²) in [6.45, 7) is 2.60. The molecular formula is C17H18F3N3. The van der Waals surface area contributed by atoms with Gasteiger partial charge in [0.15, 0.2) is 0 Å². The van der Waals surface area contributed by atoms with E-state index in [9.17, 15) is 13.2 Å². The van der Waals surface area contributed by atoms with Crippen LogP contribution in [0.15, 0.2) is 42.9 Å². The third-order valence-corrected chi connectivity index (χ3v) is 4.22. The Morgan fingerprint density at radius 1 is 1.22 bits per heavy atom. The van der Waals surface area contributed by atoms with E-state index < -0.39 is 11.7 Å². The molecule has 0 spiro atoms. The van der Waals surface area contributed by atoms with E-state index in [2.05, 4.69) is 14.9 Å². The molecule has 1 saturated heterocycles. The highest BCUT2D eigenvalue weighted by Gasteiger charge is 2.31. The van der Waals surface area contributed by atoms with Crippen LogP contribution in [0.3, 0.4) is 0 Å². The third kappa shape index (κ3) is 4.07. The summed E-state index contributed by atoms with van der Waals surface area (Å²) in [6, 6.07) is 7.11. The number of hydrogen-bond donors (Lipinski definition) is 0. The van der Waals surface area contributed by atoms with Gasteiger partial charge in [0.2, 0.25) is 0 Å². The Labute approximate surface area is 133 Å². The van der Waals surface area contributed by atoms with Crippen LogP contribution in [0.2, 0.25) is 0 Å². The molecule has 1 aliphatic heterocycles. The molecule has 3 heterocycles. The number of pyridine rings is 2. The van der Waals surface area contributed by atoms with E-state index in [0.29, 0.717) is 17.9 Å². The summed E-state index contributed by atoms with van der Waals surface area (Å²) in [7, 11) is 0. The number of likely N-dealkylation sites (tertiary alicyclic amines) is 1. The summed E-state index contributed by atoms with van der Waals surface area (Å²) in [6.07, 6.45) is 1.47. The van der Waals surface area contributed by atoms with Crippen LogP contribution in [0.5, 0.6) is 0 Å². The molecule has 0 aromatic carbocycles. The monoisotopic (exact) mass is 321 g/mol. The van der Waals surface area contributed by atoms with E-state index in [4.69, 9.17) is 0 Å². The second-order valence-corrected chi connectivity index (χ2v) is 5.87. The van der Waals surface area contributed by atoms with E-state index in [1.54, 1.807) is 6.20 Å². The van der Waals surface area contributed by atoms with Gasteiger partial charge in [0, 0.05) is 43.3 Å². The molecule has 2 aromatic heterocycles. The number of alkyl halides is 3. The van der Waals surface area contributed by atoms with Gasteiger partial charge in [-0.05, 0) is 43.1 Å². The average Bonchev–Trinajstić information content (AvgIpc) is 3.02. The van der Waals surface area contributed by atoms with Crippen molar-refractivity contribution in [2.45, 2.75) is 24.9 Å². The number of aromatic nitrogens is 2. The minimum absolute atomic E-state index is 0.413. The second kappa shape index (κ2) is 6.66. The Balaban J connectivity index is 1.56. The lowest BCUT2D eigenvalue weighted by Crippen LogP contribution is -2.23. The molecular weight excluding hydrogens is 303 g/mol. The van der Waals surface area contributed by atoms with Crippen molar-refractivity contribution >= 4 is 0 Å². The molecule has 2 aromatic rings. The average molecular weight is 321 g/mol. The van der Waals surface area contributed by atoms with Gasteiger partial charge in [-0.15, -0.1) is 0 Å². The van der Waals surface area contributed by atoms with Crippen molar-refractivity contribution in [2.75, 3.05) is 19.6 Å². The van der Waals surface area contributed by atoms with Crippen LogP contribution in [-0.4, -0.2) is 34.5 Å². The minimum Gasteiger partial charge on any atom is -0.302 e. The summed E-state index contributed by atoms with van der Waals surface area (Å²) in [5.41, 5.74) is 1.04. The molecule has 1 atom stereocenters. The number of hydrogen-bond acceptors (Lipinski definition) is 3. The van der Waals surface area contributed by atoms with Crippen LogP contribution in [0.25, 0.3) is 0 Å².